The largest absolute Gasteiger partial charge is 0.481 e. The van der Waals surface area contributed by atoms with Crippen LogP contribution in [0.25, 0.3) is 0 Å². The van der Waals surface area contributed by atoms with Gasteiger partial charge in [-0.3, -0.25) is 9.59 Å². The molecule has 0 unspecified atom stereocenters. The van der Waals surface area contributed by atoms with Gasteiger partial charge < -0.3 is 10.0 Å². The average molecular weight is 446 g/mol. The van der Waals surface area contributed by atoms with Gasteiger partial charge in [0.1, 0.15) is 0 Å². The third-order valence-corrected chi connectivity index (χ3v) is 7.69. The van der Waals surface area contributed by atoms with E-state index in [1.807, 2.05) is 6.20 Å². The van der Waals surface area contributed by atoms with E-state index in [4.69, 9.17) is 16.7 Å². The lowest BCUT2D eigenvalue weighted by atomic mass is 9.67. The molecule has 0 radical (unpaired) electrons. The minimum Gasteiger partial charge on any atom is -0.481 e. The maximum atomic E-state index is 12.9. The summed E-state index contributed by atoms with van der Waals surface area (Å²) >= 11 is 6.81. The van der Waals surface area contributed by atoms with E-state index in [0.717, 1.165) is 29.0 Å². The van der Waals surface area contributed by atoms with Crippen LogP contribution in [0, 0.1) is 11.3 Å². The van der Waals surface area contributed by atoms with Gasteiger partial charge in [-0.1, -0.05) is 58.4 Å². The van der Waals surface area contributed by atoms with Crippen molar-refractivity contribution >= 4 is 23.5 Å². The maximum Gasteiger partial charge on any atom is 0.305 e. The number of rotatable bonds is 6. The van der Waals surface area contributed by atoms with Crippen LogP contribution in [0.15, 0.2) is 30.0 Å². The van der Waals surface area contributed by atoms with Crippen LogP contribution in [0.3, 0.4) is 0 Å². The Bertz CT molecular complexity index is 879. The smallest absolute Gasteiger partial charge is 0.305 e. The van der Waals surface area contributed by atoms with Crippen molar-refractivity contribution in [2.24, 2.45) is 11.3 Å². The molecule has 1 aliphatic carbocycles. The molecule has 0 spiro atoms. The number of carboxylic acid groups (broad SMARTS) is 1. The van der Waals surface area contributed by atoms with E-state index in [1.54, 1.807) is 4.90 Å². The second-order valence-electron chi connectivity index (χ2n) is 10.7. The highest BCUT2D eigenvalue weighted by Crippen LogP contribution is 2.47. The molecule has 1 heterocycles. The Kier molecular flexibility index (Phi) is 6.90. The van der Waals surface area contributed by atoms with Gasteiger partial charge in [-0.2, -0.15) is 0 Å². The summed E-state index contributed by atoms with van der Waals surface area (Å²) in [5, 5.41) is 9.80. The molecule has 1 N–H and O–H groups in total. The minimum atomic E-state index is -0.894. The quantitative estimate of drug-likeness (QED) is 0.541. The minimum absolute atomic E-state index is 0.0390. The van der Waals surface area contributed by atoms with Gasteiger partial charge in [0.05, 0.1) is 6.42 Å². The van der Waals surface area contributed by atoms with Crippen LogP contribution in [0.2, 0.25) is 5.02 Å². The normalized spacial score (nSPS) is 24.4. The van der Waals surface area contributed by atoms with Crippen molar-refractivity contribution in [3.63, 3.8) is 0 Å². The molecule has 170 valence electrons. The fraction of sp³-hybridized carbons (Fsp3) is 0.615. The number of benzene rings is 1. The first-order chi connectivity index (χ1) is 14.4. The second-order valence-corrected chi connectivity index (χ2v) is 11.1. The van der Waals surface area contributed by atoms with Gasteiger partial charge in [-0.05, 0) is 65.7 Å². The van der Waals surface area contributed by atoms with E-state index in [1.165, 1.54) is 18.4 Å². The van der Waals surface area contributed by atoms with Gasteiger partial charge in [0.25, 0.3) is 0 Å². The molecule has 1 aliphatic heterocycles. The van der Waals surface area contributed by atoms with Crippen LogP contribution in [0.4, 0.5) is 0 Å². The number of aliphatic carboxylic acids is 1. The lowest BCUT2D eigenvalue weighted by Gasteiger charge is -2.41. The summed E-state index contributed by atoms with van der Waals surface area (Å²) < 4.78 is 0. The number of carboxylic acids is 1. The molecule has 1 fully saturated rings. The molecular formula is C26H36ClNO3. The third kappa shape index (κ3) is 5.16. The highest BCUT2D eigenvalue weighted by molar-refractivity contribution is 6.31. The Morgan fingerprint density at radius 1 is 1.23 bits per heavy atom. The van der Waals surface area contributed by atoms with Crippen LogP contribution >= 0.6 is 11.6 Å². The number of allylic oxidation sites excluding steroid dienone is 1. The summed E-state index contributed by atoms with van der Waals surface area (Å²) in [4.78, 5) is 25.4. The molecular weight excluding hydrogens is 410 g/mol. The average Bonchev–Trinajstić information content (AvgIpc) is 2.67. The summed E-state index contributed by atoms with van der Waals surface area (Å²) in [6, 6.07) is 6.38. The van der Waals surface area contributed by atoms with Crippen LogP contribution in [-0.2, 0) is 15.0 Å². The van der Waals surface area contributed by atoms with Crippen LogP contribution in [-0.4, -0.2) is 28.4 Å². The Morgan fingerprint density at radius 3 is 2.42 bits per heavy atom. The van der Waals surface area contributed by atoms with E-state index < -0.39 is 11.4 Å². The van der Waals surface area contributed by atoms with Gasteiger partial charge >= 0.3 is 5.97 Å². The monoisotopic (exact) mass is 445 g/mol. The number of halogens is 1. The highest BCUT2D eigenvalue weighted by Gasteiger charge is 2.40. The Labute approximate surface area is 191 Å². The summed E-state index contributed by atoms with van der Waals surface area (Å²) in [6.45, 7) is 11.2. The van der Waals surface area contributed by atoms with Crippen molar-refractivity contribution in [1.29, 1.82) is 0 Å². The molecule has 0 saturated heterocycles. The first-order valence-corrected chi connectivity index (χ1v) is 11.8. The molecule has 0 aromatic heterocycles. The van der Waals surface area contributed by atoms with Gasteiger partial charge in [0.15, 0.2) is 0 Å². The number of amides is 1. The first kappa shape index (κ1) is 23.8. The molecule has 0 bridgehead atoms. The molecule has 1 amide bonds. The topological polar surface area (TPSA) is 57.6 Å². The van der Waals surface area contributed by atoms with Gasteiger partial charge in [-0.25, -0.2) is 0 Å². The van der Waals surface area contributed by atoms with Crippen LogP contribution in [0.1, 0.15) is 90.2 Å². The Morgan fingerprint density at radius 2 is 1.87 bits per heavy atom. The van der Waals surface area contributed by atoms with E-state index in [9.17, 15) is 9.59 Å². The lowest BCUT2D eigenvalue weighted by molar-refractivity contribution is -0.138. The third-order valence-electron chi connectivity index (χ3n) is 7.36. The molecule has 2 aliphatic rings. The molecule has 1 saturated carbocycles. The molecule has 1 aromatic carbocycles. The number of nitrogens with zero attached hydrogens (tertiary/aromatic N) is 1. The van der Waals surface area contributed by atoms with Crippen LogP contribution < -0.4 is 0 Å². The molecule has 3 rings (SSSR count). The lowest BCUT2D eigenvalue weighted by Crippen LogP contribution is -2.42. The first-order valence-electron chi connectivity index (χ1n) is 11.5. The fourth-order valence-corrected chi connectivity index (χ4v) is 5.60. The van der Waals surface area contributed by atoms with Crippen molar-refractivity contribution < 1.29 is 14.7 Å². The van der Waals surface area contributed by atoms with Crippen molar-refractivity contribution in [3.05, 3.63) is 46.1 Å². The van der Waals surface area contributed by atoms with Gasteiger partial charge in [0.2, 0.25) is 5.91 Å². The number of carbonyl (C=O) groups excluding carboxylic acids is 1. The second kappa shape index (κ2) is 8.97. The van der Waals surface area contributed by atoms with Crippen molar-refractivity contribution in [3.8, 4) is 0 Å². The van der Waals surface area contributed by atoms with Crippen molar-refractivity contribution in [2.45, 2.75) is 84.5 Å². The van der Waals surface area contributed by atoms with E-state index in [0.29, 0.717) is 17.8 Å². The molecule has 4 nitrogen and oxygen atoms in total. The standard InChI is InChI=1S/C26H36ClNO3/c1-17(2)21-16-28(13-10-24(30)31)23(29)15-26(21,5)19-6-7-20(22(27)14-19)18-8-11-25(3,4)12-9-18/h6-7,14,16-18H,8-13,15H2,1-5H3,(H,30,31)/t26-/m1/s1. The zero-order chi connectivity index (χ0) is 23.0. The number of hydrogen-bond donors (Lipinski definition) is 1. The summed E-state index contributed by atoms with van der Waals surface area (Å²) in [6.07, 6.45) is 6.91. The van der Waals surface area contributed by atoms with Crippen molar-refractivity contribution in [1.82, 2.24) is 4.90 Å². The van der Waals surface area contributed by atoms with Gasteiger partial charge in [0, 0.05) is 29.6 Å². The summed E-state index contributed by atoms with van der Waals surface area (Å²) in [7, 11) is 0. The predicted molar refractivity (Wildman–Crippen MR) is 125 cm³/mol. The van der Waals surface area contributed by atoms with E-state index >= 15 is 0 Å². The molecule has 1 atom stereocenters. The molecule has 31 heavy (non-hydrogen) atoms. The zero-order valence-corrected chi connectivity index (χ0v) is 20.3. The number of carbonyl (C=O) groups is 2. The Hall–Kier alpha value is -1.81. The fourth-order valence-electron chi connectivity index (χ4n) is 5.26. The van der Waals surface area contributed by atoms with Gasteiger partial charge in [-0.15, -0.1) is 0 Å². The van der Waals surface area contributed by atoms with Crippen molar-refractivity contribution in [2.75, 3.05) is 6.54 Å². The zero-order valence-electron chi connectivity index (χ0n) is 19.5. The Balaban J connectivity index is 1.89. The molecule has 1 aromatic rings. The summed E-state index contributed by atoms with van der Waals surface area (Å²) in [5.41, 5.74) is 3.40. The highest BCUT2D eigenvalue weighted by atomic mass is 35.5. The van der Waals surface area contributed by atoms with E-state index in [-0.39, 0.29) is 24.8 Å². The predicted octanol–water partition coefficient (Wildman–Crippen LogP) is 6.53. The van der Waals surface area contributed by atoms with Crippen LogP contribution in [0.5, 0.6) is 0 Å². The van der Waals surface area contributed by atoms with E-state index in [2.05, 4.69) is 52.8 Å². The SMILES string of the molecule is CC(C)C1=CN(CCC(=O)O)C(=O)C[C@]1(C)c1ccc(C2CCC(C)(C)CC2)c(Cl)c1. The summed E-state index contributed by atoms with van der Waals surface area (Å²) in [5.74, 6) is -0.205. The number of hydrogen-bond acceptors (Lipinski definition) is 2. The molecule has 5 heteroatoms. The maximum absolute atomic E-state index is 12.9.